The van der Waals surface area contributed by atoms with Crippen LogP contribution in [0.2, 0.25) is 0 Å². The summed E-state index contributed by atoms with van der Waals surface area (Å²) in [4.78, 5) is 14.2. The Bertz CT molecular complexity index is 346. The van der Waals surface area contributed by atoms with E-state index in [-0.39, 0.29) is 0 Å². The molecule has 0 saturated carbocycles. The van der Waals surface area contributed by atoms with Gasteiger partial charge in [0.2, 0.25) is 5.88 Å². The number of hydrogen-bond acceptors (Lipinski definition) is 4. The number of ether oxygens (including phenoxy) is 1. The fourth-order valence-corrected chi connectivity index (χ4v) is 0.908. The average molecular weight is 208 g/mol. The number of rotatable bonds is 5. The molecular formula is C10H12N2O3. The van der Waals surface area contributed by atoms with Crippen molar-refractivity contribution in [2.24, 2.45) is 0 Å². The quantitative estimate of drug-likeness (QED) is 0.717. The van der Waals surface area contributed by atoms with Gasteiger partial charge in [-0.15, -0.1) is 0 Å². The van der Waals surface area contributed by atoms with Gasteiger partial charge in [0, 0.05) is 18.3 Å². The summed E-state index contributed by atoms with van der Waals surface area (Å²) in [7, 11) is 0. The summed E-state index contributed by atoms with van der Waals surface area (Å²) in [6.45, 7) is 2.45. The van der Waals surface area contributed by atoms with Gasteiger partial charge in [0.05, 0.1) is 18.5 Å². The maximum atomic E-state index is 10.2. The van der Waals surface area contributed by atoms with Crippen molar-refractivity contribution in [3.05, 3.63) is 30.6 Å². The molecule has 0 radical (unpaired) electrons. The largest absolute Gasteiger partial charge is 0.478 e. The number of aliphatic carboxylic acids is 1. The predicted octanol–water partition coefficient (Wildman–Crippen LogP) is 1.49. The molecule has 0 amide bonds. The molecule has 0 aliphatic heterocycles. The van der Waals surface area contributed by atoms with Crippen LogP contribution in [0.15, 0.2) is 30.6 Å². The van der Waals surface area contributed by atoms with Gasteiger partial charge in [0.15, 0.2) is 0 Å². The van der Waals surface area contributed by atoms with Crippen molar-refractivity contribution in [3.8, 4) is 5.88 Å². The van der Waals surface area contributed by atoms with Crippen LogP contribution in [-0.2, 0) is 4.79 Å². The molecule has 5 nitrogen and oxygen atoms in total. The highest BCUT2D eigenvalue weighted by atomic mass is 16.5. The second-order valence-corrected chi connectivity index (χ2v) is 2.63. The molecule has 0 atom stereocenters. The zero-order valence-corrected chi connectivity index (χ0v) is 8.30. The van der Waals surface area contributed by atoms with Crippen molar-refractivity contribution in [1.82, 2.24) is 4.98 Å². The third-order valence-corrected chi connectivity index (χ3v) is 1.50. The summed E-state index contributed by atoms with van der Waals surface area (Å²) in [6.07, 6.45) is 3.91. The Hall–Kier alpha value is -2.04. The standard InChI is InChI=1S/C10H12N2O3/c1-2-15-9-4-3-8(7-12-9)11-6-5-10(13)14/h3-7,11H,2H2,1H3,(H,13,14)/b6-5+. The van der Waals surface area contributed by atoms with Crippen LogP contribution < -0.4 is 10.1 Å². The van der Waals surface area contributed by atoms with Crippen molar-refractivity contribution in [3.63, 3.8) is 0 Å². The van der Waals surface area contributed by atoms with Crippen molar-refractivity contribution in [1.29, 1.82) is 0 Å². The molecule has 0 spiro atoms. The smallest absolute Gasteiger partial charge is 0.329 e. The number of carboxylic acids is 1. The lowest BCUT2D eigenvalue weighted by atomic mass is 10.4. The fourth-order valence-electron chi connectivity index (χ4n) is 0.908. The number of nitrogens with one attached hydrogen (secondary N) is 1. The third-order valence-electron chi connectivity index (χ3n) is 1.50. The lowest BCUT2D eigenvalue weighted by molar-refractivity contribution is -0.131. The van der Waals surface area contributed by atoms with Gasteiger partial charge in [0.25, 0.3) is 0 Å². The second-order valence-electron chi connectivity index (χ2n) is 2.63. The summed E-state index contributed by atoms with van der Waals surface area (Å²) in [6, 6.07) is 3.46. The SMILES string of the molecule is CCOc1ccc(N/C=C/C(=O)O)cn1. The molecule has 5 heteroatoms. The van der Waals surface area contributed by atoms with Crippen LogP contribution in [0.1, 0.15) is 6.92 Å². The van der Waals surface area contributed by atoms with Crippen molar-refractivity contribution < 1.29 is 14.6 Å². The highest BCUT2D eigenvalue weighted by Gasteiger charge is 1.93. The van der Waals surface area contributed by atoms with Gasteiger partial charge < -0.3 is 15.2 Å². The molecule has 15 heavy (non-hydrogen) atoms. The topological polar surface area (TPSA) is 71.5 Å². The van der Waals surface area contributed by atoms with E-state index in [9.17, 15) is 4.79 Å². The Morgan fingerprint density at radius 1 is 1.67 bits per heavy atom. The molecule has 0 fully saturated rings. The number of nitrogens with zero attached hydrogens (tertiary/aromatic N) is 1. The highest BCUT2D eigenvalue weighted by molar-refractivity contribution is 5.80. The summed E-state index contributed by atoms with van der Waals surface area (Å²) >= 11 is 0. The summed E-state index contributed by atoms with van der Waals surface area (Å²) in [5, 5.41) is 11.1. The Morgan fingerprint density at radius 3 is 3.00 bits per heavy atom. The normalized spacial score (nSPS) is 10.2. The molecule has 0 aliphatic carbocycles. The van der Waals surface area contributed by atoms with Crippen LogP contribution in [-0.4, -0.2) is 22.7 Å². The zero-order valence-electron chi connectivity index (χ0n) is 8.30. The van der Waals surface area contributed by atoms with Crippen LogP contribution >= 0.6 is 0 Å². The van der Waals surface area contributed by atoms with Crippen LogP contribution in [0.3, 0.4) is 0 Å². The number of anilines is 1. The Balaban J connectivity index is 2.53. The van der Waals surface area contributed by atoms with E-state index in [4.69, 9.17) is 9.84 Å². The predicted molar refractivity (Wildman–Crippen MR) is 55.8 cm³/mol. The van der Waals surface area contributed by atoms with Gasteiger partial charge in [-0.25, -0.2) is 9.78 Å². The molecule has 1 heterocycles. The van der Waals surface area contributed by atoms with Crippen molar-refractivity contribution >= 4 is 11.7 Å². The van der Waals surface area contributed by atoms with Crippen LogP contribution in [0.25, 0.3) is 0 Å². The minimum atomic E-state index is -0.999. The maximum absolute atomic E-state index is 10.2. The fraction of sp³-hybridized carbons (Fsp3) is 0.200. The van der Waals surface area contributed by atoms with E-state index in [1.54, 1.807) is 18.3 Å². The molecule has 0 saturated heterocycles. The van der Waals surface area contributed by atoms with Crippen LogP contribution in [0.4, 0.5) is 5.69 Å². The first-order valence-corrected chi connectivity index (χ1v) is 4.47. The Labute approximate surface area is 87.4 Å². The molecule has 0 aromatic carbocycles. The molecule has 0 aliphatic rings. The monoisotopic (exact) mass is 208 g/mol. The molecule has 1 rings (SSSR count). The van der Waals surface area contributed by atoms with Crippen molar-refractivity contribution in [2.45, 2.75) is 6.92 Å². The second kappa shape index (κ2) is 5.64. The Kier molecular flexibility index (Phi) is 4.15. The van der Waals surface area contributed by atoms with Gasteiger partial charge in [0.1, 0.15) is 0 Å². The van der Waals surface area contributed by atoms with Gasteiger partial charge in [-0.05, 0) is 13.0 Å². The molecule has 2 N–H and O–H groups in total. The first kappa shape index (κ1) is 11.0. The first-order chi connectivity index (χ1) is 7.22. The minimum absolute atomic E-state index is 0.547. The number of carbonyl (C=O) groups is 1. The number of hydrogen-bond donors (Lipinski definition) is 2. The molecule has 1 aromatic rings. The van der Waals surface area contributed by atoms with Crippen molar-refractivity contribution in [2.75, 3.05) is 11.9 Å². The number of aromatic nitrogens is 1. The van der Waals surface area contributed by atoms with E-state index < -0.39 is 5.97 Å². The third kappa shape index (κ3) is 4.12. The van der Waals surface area contributed by atoms with E-state index in [1.807, 2.05) is 6.92 Å². The summed E-state index contributed by atoms with van der Waals surface area (Å²) in [5.74, 6) is -0.452. The van der Waals surface area contributed by atoms with E-state index in [0.29, 0.717) is 18.2 Å². The molecule has 1 aromatic heterocycles. The van der Waals surface area contributed by atoms with Gasteiger partial charge in [-0.3, -0.25) is 0 Å². The first-order valence-electron chi connectivity index (χ1n) is 4.47. The molecule has 80 valence electrons. The van der Waals surface area contributed by atoms with Gasteiger partial charge >= 0.3 is 5.97 Å². The Morgan fingerprint density at radius 2 is 2.47 bits per heavy atom. The summed E-state index contributed by atoms with van der Waals surface area (Å²) in [5.41, 5.74) is 0.705. The van der Waals surface area contributed by atoms with E-state index >= 15 is 0 Å². The highest BCUT2D eigenvalue weighted by Crippen LogP contribution is 2.11. The lowest BCUT2D eigenvalue weighted by Gasteiger charge is -2.03. The molecule has 0 bridgehead atoms. The van der Waals surface area contributed by atoms with E-state index in [1.165, 1.54) is 6.20 Å². The minimum Gasteiger partial charge on any atom is -0.478 e. The number of carboxylic acid groups (broad SMARTS) is 1. The lowest BCUT2D eigenvalue weighted by Crippen LogP contribution is -1.96. The maximum Gasteiger partial charge on any atom is 0.329 e. The molecule has 0 unspecified atom stereocenters. The molecular weight excluding hydrogens is 196 g/mol. The summed E-state index contributed by atoms with van der Waals surface area (Å²) < 4.78 is 5.15. The number of pyridine rings is 1. The zero-order chi connectivity index (χ0) is 11.1. The van der Waals surface area contributed by atoms with Gasteiger partial charge in [-0.1, -0.05) is 0 Å². The van der Waals surface area contributed by atoms with Crippen LogP contribution in [0, 0.1) is 0 Å². The van der Waals surface area contributed by atoms with Gasteiger partial charge in [-0.2, -0.15) is 0 Å². The van der Waals surface area contributed by atoms with Crippen LogP contribution in [0.5, 0.6) is 5.88 Å². The van der Waals surface area contributed by atoms with E-state index in [2.05, 4.69) is 10.3 Å². The average Bonchev–Trinajstić information content (AvgIpc) is 2.20. The van der Waals surface area contributed by atoms with E-state index in [0.717, 1.165) is 6.08 Å².